The topological polar surface area (TPSA) is 92.8 Å². The Labute approximate surface area is 162 Å². The number of hydrogen-bond acceptors (Lipinski definition) is 5. The van der Waals surface area contributed by atoms with E-state index in [0.29, 0.717) is 16.3 Å². The largest absolute Gasteiger partial charge is 0.465 e. The van der Waals surface area contributed by atoms with Crippen molar-refractivity contribution in [3.8, 4) is 0 Å². The summed E-state index contributed by atoms with van der Waals surface area (Å²) in [5, 5.41) is 2.99. The smallest absolute Gasteiger partial charge is 0.337 e. The molecule has 1 amide bonds. The average molecular weight is 411 g/mol. The third-order valence-electron chi connectivity index (χ3n) is 3.72. The summed E-state index contributed by atoms with van der Waals surface area (Å²) in [5.41, 5.74) is 1.04. The van der Waals surface area contributed by atoms with Gasteiger partial charge in [-0.25, -0.2) is 13.2 Å². The number of halogens is 1. The van der Waals surface area contributed by atoms with E-state index in [0.717, 1.165) is 10.6 Å². The highest BCUT2D eigenvalue weighted by molar-refractivity contribution is 7.92. The second-order valence-electron chi connectivity index (χ2n) is 5.77. The normalized spacial score (nSPS) is 12.1. The van der Waals surface area contributed by atoms with Gasteiger partial charge in [-0.2, -0.15) is 0 Å². The van der Waals surface area contributed by atoms with Gasteiger partial charge in [0.25, 0.3) is 0 Å². The van der Waals surface area contributed by atoms with Crippen LogP contribution in [0.1, 0.15) is 17.3 Å². The third-order valence-corrected chi connectivity index (χ3v) is 5.20. The fourth-order valence-electron chi connectivity index (χ4n) is 2.48. The number of anilines is 2. The third kappa shape index (κ3) is 5.21. The number of methoxy groups -OCH3 is 1. The number of rotatable bonds is 6. The molecule has 2 rings (SSSR count). The first-order valence-corrected chi connectivity index (χ1v) is 10.1. The molecule has 0 aliphatic rings. The number of ether oxygens (including phenoxy) is 1. The molecule has 27 heavy (non-hydrogen) atoms. The molecule has 1 atom stereocenters. The van der Waals surface area contributed by atoms with Crippen molar-refractivity contribution in [3.05, 3.63) is 59.1 Å². The SMILES string of the molecule is COC(=O)c1ccc(NC(=O)[C@H](C)N(c2cccc(Cl)c2)S(C)(=O)=O)cc1. The molecule has 0 fully saturated rings. The number of carbonyl (C=O) groups is 2. The number of nitrogens with one attached hydrogen (secondary N) is 1. The summed E-state index contributed by atoms with van der Waals surface area (Å²) >= 11 is 5.95. The molecular formula is C18H19ClN2O5S. The number of nitrogens with zero attached hydrogens (tertiary/aromatic N) is 1. The van der Waals surface area contributed by atoms with E-state index >= 15 is 0 Å². The highest BCUT2D eigenvalue weighted by atomic mass is 35.5. The van der Waals surface area contributed by atoms with Gasteiger partial charge in [-0.1, -0.05) is 17.7 Å². The van der Waals surface area contributed by atoms with Gasteiger partial charge in [0.15, 0.2) is 0 Å². The fourth-order valence-corrected chi connectivity index (χ4v) is 3.83. The van der Waals surface area contributed by atoms with Crippen molar-refractivity contribution in [2.45, 2.75) is 13.0 Å². The average Bonchev–Trinajstić information content (AvgIpc) is 2.60. The van der Waals surface area contributed by atoms with Gasteiger partial charge in [0.1, 0.15) is 6.04 Å². The molecule has 2 aromatic rings. The van der Waals surface area contributed by atoms with E-state index < -0.39 is 27.9 Å². The molecule has 0 saturated carbocycles. The number of benzene rings is 2. The van der Waals surface area contributed by atoms with E-state index in [2.05, 4.69) is 10.1 Å². The van der Waals surface area contributed by atoms with E-state index in [1.807, 2.05) is 0 Å². The van der Waals surface area contributed by atoms with Crippen LogP contribution < -0.4 is 9.62 Å². The molecule has 0 saturated heterocycles. The van der Waals surface area contributed by atoms with Crippen LogP contribution in [0.5, 0.6) is 0 Å². The molecule has 1 N–H and O–H groups in total. The molecule has 0 aromatic heterocycles. The van der Waals surface area contributed by atoms with Crippen LogP contribution in [0.25, 0.3) is 0 Å². The lowest BCUT2D eigenvalue weighted by molar-refractivity contribution is -0.116. The van der Waals surface area contributed by atoms with E-state index in [9.17, 15) is 18.0 Å². The lowest BCUT2D eigenvalue weighted by Gasteiger charge is -2.28. The van der Waals surface area contributed by atoms with E-state index in [4.69, 9.17) is 11.6 Å². The van der Waals surface area contributed by atoms with E-state index in [-0.39, 0.29) is 5.69 Å². The fraction of sp³-hybridized carbons (Fsp3) is 0.222. The molecule has 144 valence electrons. The monoisotopic (exact) mass is 410 g/mol. The first-order valence-electron chi connectivity index (χ1n) is 7.87. The Kier molecular flexibility index (Phi) is 6.45. The Morgan fingerprint density at radius 2 is 1.78 bits per heavy atom. The van der Waals surface area contributed by atoms with Gasteiger partial charge in [0.05, 0.1) is 24.6 Å². The van der Waals surface area contributed by atoms with Gasteiger partial charge in [0.2, 0.25) is 15.9 Å². The van der Waals surface area contributed by atoms with Crippen molar-refractivity contribution < 1.29 is 22.7 Å². The number of amides is 1. The molecule has 7 nitrogen and oxygen atoms in total. The van der Waals surface area contributed by atoms with Crippen molar-refractivity contribution in [2.75, 3.05) is 23.0 Å². The van der Waals surface area contributed by atoms with Gasteiger partial charge >= 0.3 is 5.97 Å². The lowest BCUT2D eigenvalue weighted by Crippen LogP contribution is -2.45. The predicted octanol–water partition coefficient (Wildman–Crippen LogP) is 2.92. The summed E-state index contributed by atoms with van der Waals surface area (Å²) in [6, 6.07) is 11.3. The zero-order valence-corrected chi connectivity index (χ0v) is 16.5. The summed E-state index contributed by atoms with van der Waals surface area (Å²) in [6.45, 7) is 1.47. The lowest BCUT2D eigenvalue weighted by atomic mass is 10.2. The molecule has 0 radical (unpaired) electrons. The first kappa shape index (κ1) is 20.7. The van der Waals surface area contributed by atoms with Crippen LogP contribution in [0.2, 0.25) is 5.02 Å². The second-order valence-corrected chi connectivity index (χ2v) is 8.07. The maximum Gasteiger partial charge on any atom is 0.337 e. The van der Waals surface area contributed by atoms with Gasteiger partial charge < -0.3 is 10.1 Å². The molecule has 0 bridgehead atoms. The summed E-state index contributed by atoms with van der Waals surface area (Å²) in [5.74, 6) is -1.03. The number of carbonyl (C=O) groups excluding carboxylic acids is 2. The molecule has 2 aromatic carbocycles. The van der Waals surface area contributed by atoms with Gasteiger partial charge in [0, 0.05) is 10.7 Å². The molecule has 0 aliphatic carbocycles. The standard InChI is InChI=1S/C18H19ClN2O5S/c1-12(21(27(3,24)25)16-6-4-5-14(19)11-16)17(22)20-15-9-7-13(8-10-15)18(23)26-2/h4-12H,1-3H3,(H,20,22)/t12-/m0/s1. The van der Waals surface area contributed by atoms with Crippen LogP contribution in [0.3, 0.4) is 0 Å². The highest BCUT2D eigenvalue weighted by Gasteiger charge is 2.29. The first-order chi connectivity index (χ1) is 12.6. The molecule has 0 aliphatic heterocycles. The highest BCUT2D eigenvalue weighted by Crippen LogP contribution is 2.24. The summed E-state index contributed by atoms with van der Waals surface area (Å²) in [7, 11) is -2.47. The van der Waals surface area contributed by atoms with Crippen LogP contribution in [-0.2, 0) is 19.6 Å². The molecule has 0 unspecified atom stereocenters. The van der Waals surface area contributed by atoms with Crippen molar-refractivity contribution in [2.24, 2.45) is 0 Å². The Morgan fingerprint density at radius 3 is 2.30 bits per heavy atom. The molecule has 9 heteroatoms. The van der Waals surface area contributed by atoms with Gasteiger partial charge in [-0.3, -0.25) is 9.10 Å². The molecule has 0 heterocycles. The van der Waals surface area contributed by atoms with E-state index in [1.165, 1.54) is 44.4 Å². The minimum absolute atomic E-state index is 0.286. The van der Waals surface area contributed by atoms with Crippen LogP contribution in [0, 0.1) is 0 Å². The van der Waals surface area contributed by atoms with Gasteiger partial charge in [-0.15, -0.1) is 0 Å². The summed E-state index contributed by atoms with van der Waals surface area (Å²) in [4.78, 5) is 24.0. The van der Waals surface area contributed by atoms with Crippen LogP contribution in [0.15, 0.2) is 48.5 Å². The van der Waals surface area contributed by atoms with Crippen LogP contribution in [-0.4, -0.2) is 39.7 Å². The molecular weight excluding hydrogens is 392 g/mol. The Balaban J connectivity index is 2.24. The minimum atomic E-state index is -3.74. The van der Waals surface area contributed by atoms with Crippen LogP contribution in [0.4, 0.5) is 11.4 Å². The van der Waals surface area contributed by atoms with Crippen molar-refractivity contribution in [1.29, 1.82) is 0 Å². The maximum atomic E-state index is 12.6. The van der Waals surface area contributed by atoms with Crippen molar-refractivity contribution in [3.63, 3.8) is 0 Å². The quantitative estimate of drug-likeness (QED) is 0.739. The van der Waals surface area contributed by atoms with Crippen molar-refractivity contribution >= 4 is 44.9 Å². The van der Waals surface area contributed by atoms with E-state index in [1.54, 1.807) is 18.2 Å². The zero-order chi connectivity index (χ0) is 20.2. The summed E-state index contributed by atoms with van der Waals surface area (Å²) < 4.78 is 30.1. The second kappa shape index (κ2) is 8.41. The van der Waals surface area contributed by atoms with Gasteiger partial charge in [-0.05, 0) is 49.4 Å². The zero-order valence-electron chi connectivity index (χ0n) is 15.0. The predicted molar refractivity (Wildman–Crippen MR) is 105 cm³/mol. The Bertz CT molecular complexity index is 944. The Hall–Kier alpha value is -2.58. The molecule has 0 spiro atoms. The number of hydrogen-bond donors (Lipinski definition) is 1. The van der Waals surface area contributed by atoms with Crippen LogP contribution >= 0.6 is 11.6 Å². The maximum absolute atomic E-state index is 12.6. The number of esters is 1. The minimum Gasteiger partial charge on any atom is -0.465 e. The van der Waals surface area contributed by atoms with Crippen molar-refractivity contribution in [1.82, 2.24) is 0 Å². The number of sulfonamides is 1. The summed E-state index contributed by atoms with van der Waals surface area (Å²) in [6.07, 6.45) is 1.02. The Morgan fingerprint density at radius 1 is 1.15 bits per heavy atom.